The Bertz CT molecular complexity index is 685. The number of carbonyl (C=O) groups excluding carboxylic acids is 2. The fraction of sp³-hybridized carbons (Fsp3) is 0.412. The fourth-order valence-corrected chi connectivity index (χ4v) is 3.96. The van der Waals surface area contributed by atoms with Crippen LogP contribution in [0.3, 0.4) is 0 Å². The van der Waals surface area contributed by atoms with Crippen LogP contribution in [-0.2, 0) is 17.6 Å². The van der Waals surface area contributed by atoms with Crippen molar-refractivity contribution in [1.29, 1.82) is 0 Å². The van der Waals surface area contributed by atoms with Crippen LogP contribution in [0, 0.1) is 0 Å². The monoisotopic (exact) mass is 348 g/mol. The third-order valence-corrected chi connectivity index (χ3v) is 5.27. The molecule has 3 N–H and O–H groups in total. The van der Waals surface area contributed by atoms with Crippen molar-refractivity contribution in [3.05, 3.63) is 45.5 Å². The lowest BCUT2D eigenvalue weighted by Crippen LogP contribution is -2.39. The lowest BCUT2D eigenvalue weighted by atomic mass is 9.99. The Morgan fingerprint density at radius 2 is 2.17 bits per heavy atom. The number of fused-ring (bicyclic) bond motifs is 1. The van der Waals surface area contributed by atoms with E-state index in [4.69, 9.17) is 4.42 Å². The lowest BCUT2D eigenvalue weighted by molar-refractivity contribution is -0.121. The molecule has 0 saturated carbocycles. The van der Waals surface area contributed by atoms with Gasteiger partial charge >= 0.3 is 0 Å². The first-order chi connectivity index (χ1) is 11.7. The summed E-state index contributed by atoms with van der Waals surface area (Å²) >= 11 is 1.51. The number of furan rings is 1. The molecule has 2 heterocycles. The van der Waals surface area contributed by atoms with Gasteiger partial charge in [0.2, 0.25) is 5.91 Å². The normalized spacial score (nSPS) is 14.7. The first kappa shape index (κ1) is 16.7. The molecule has 0 radical (unpaired) electrons. The van der Waals surface area contributed by atoms with Crippen LogP contribution < -0.4 is 10.6 Å². The number of nitrogens with one attached hydrogen (secondary N) is 2. The van der Waals surface area contributed by atoms with Crippen molar-refractivity contribution in [3.8, 4) is 0 Å². The Hall–Kier alpha value is -2.12. The Labute approximate surface area is 143 Å². The molecule has 7 heteroatoms. The number of hydrogen-bond acceptors (Lipinski definition) is 5. The van der Waals surface area contributed by atoms with Crippen LogP contribution in [0.5, 0.6) is 0 Å². The van der Waals surface area contributed by atoms with E-state index in [9.17, 15) is 14.7 Å². The summed E-state index contributed by atoms with van der Waals surface area (Å²) in [6.07, 6.45) is 5.88. The summed E-state index contributed by atoms with van der Waals surface area (Å²) in [7, 11) is 0. The van der Waals surface area contributed by atoms with Crippen LogP contribution in [0.25, 0.3) is 0 Å². The minimum Gasteiger partial charge on any atom is -0.467 e. The molecule has 0 bridgehead atoms. The second-order valence-electron chi connectivity index (χ2n) is 5.77. The van der Waals surface area contributed by atoms with Gasteiger partial charge < -0.3 is 20.2 Å². The van der Waals surface area contributed by atoms with Gasteiger partial charge in [-0.25, -0.2) is 0 Å². The zero-order chi connectivity index (χ0) is 16.9. The van der Waals surface area contributed by atoms with E-state index in [-0.39, 0.29) is 25.0 Å². The average molecular weight is 348 g/mol. The molecule has 0 aliphatic heterocycles. The van der Waals surface area contributed by atoms with E-state index < -0.39 is 6.04 Å². The topological polar surface area (TPSA) is 91.6 Å². The van der Waals surface area contributed by atoms with Crippen molar-refractivity contribution < 1.29 is 19.1 Å². The number of aliphatic hydroxyl groups excluding tert-OH is 1. The molecule has 1 aliphatic rings. The van der Waals surface area contributed by atoms with Gasteiger partial charge in [-0.2, -0.15) is 0 Å². The molecule has 1 unspecified atom stereocenters. The predicted octanol–water partition coefficient (Wildman–Crippen LogP) is 1.80. The van der Waals surface area contributed by atoms with Gasteiger partial charge in [-0.05, 0) is 49.4 Å². The van der Waals surface area contributed by atoms with Crippen molar-refractivity contribution in [2.75, 3.05) is 13.2 Å². The Balaban J connectivity index is 1.52. The summed E-state index contributed by atoms with van der Waals surface area (Å²) in [4.78, 5) is 26.1. The molecule has 0 fully saturated rings. The molecule has 24 heavy (non-hydrogen) atoms. The Morgan fingerprint density at radius 1 is 1.33 bits per heavy atom. The van der Waals surface area contributed by atoms with Gasteiger partial charge in [0.1, 0.15) is 11.8 Å². The van der Waals surface area contributed by atoms with E-state index in [1.54, 1.807) is 12.1 Å². The quantitative estimate of drug-likeness (QED) is 0.742. The fourth-order valence-electron chi connectivity index (χ4n) is 2.79. The van der Waals surface area contributed by atoms with E-state index in [1.165, 1.54) is 40.9 Å². The standard InChI is InChI=1S/C17H20N2O4S/c20-10-12(13-5-3-7-23-13)19-16(21)9-18-17(22)15-8-11-4-1-2-6-14(11)24-15/h3,5,7-8,12,20H,1-2,4,6,9-10H2,(H,18,22)(H,19,21). The molecule has 2 aromatic rings. The second-order valence-corrected chi connectivity index (χ2v) is 6.90. The van der Waals surface area contributed by atoms with Crippen LogP contribution in [0.1, 0.15) is 44.8 Å². The summed E-state index contributed by atoms with van der Waals surface area (Å²) < 4.78 is 5.17. The largest absolute Gasteiger partial charge is 0.467 e. The highest BCUT2D eigenvalue weighted by Gasteiger charge is 2.19. The second kappa shape index (κ2) is 7.63. The van der Waals surface area contributed by atoms with Crippen LogP contribution in [0.2, 0.25) is 0 Å². The highest BCUT2D eigenvalue weighted by Crippen LogP contribution is 2.29. The number of carbonyl (C=O) groups is 2. The molecule has 2 amide bonds. The van der Waals surface area contributed by atoms with E-state index in [1.807, 2.05) is 6.07 Å². The summed E-state index contributed by atoms with van der Waals surface area (Å²) in [6, 6.07) is 4.69. The van der Waals surface area contributed by atoms with Gasteiger partial charge in [0.15, 0.2) is 0 Å². The molecule has 1 atom stereocenters. The summed E-state index contributed by atoms with van der Waals surface area (Å²) in [5.41, 5.74) is 1.26. The zero-order valence-corrected chi connectivity index (χ0v) is 14.0. The molecule has 1 aliphatic carbocycles. The molecule has 128 valence electrons. The van der Waals surface area contributed by atoms with Crippen LogP contribution in [0.4, 0.5) is 0 Å². The molecule has 0 aromatic carbocycles. The van der Waals surface area contributed by atoms with Crippen molar-refractivity contribution in [2.24, 2.45) is 0 Å². The number of thiophene rings is 1. The molecule has 2 aromatic heterocycles. The molecular formula is C17H20N2O4S. The SMILES string of the molecule is O=C(CNC(=O)c1cc2c(s1)CCCC2)NC(CO)c1ccco1. The number of rotatable bonds is 6. The highest BCUT2D eigenvalue weighted by atomic mass is 32.1. The van der Waals surface area contributed by atoms with Crippen molar-refractivity contribution in [3.63, 3.8) is 0 Å². The number of aryl methyl sites for hydroxylation is 2. The van der Waals surface area contributed by atoms with Gasteiger partial charge in [-0.15, -0.1) is 11.3 Å². The number of amides is 2. The van der Waals surface area contributed by atoms with Crippen LogP contribution in [0.15, 0.2) is 28.9 Å². The van der Waals surface area contributed by atoms with Gasteiger partial charge in [0.05, 0.1) is 24.3 Å². The van der Waals surface area contributed by atoms with E-state index in [2.05, 4.69) is 10.6 Å². The maximum absolute atomic E-state index is 12.2. The molecule has 3 rings (SSSR count). The summed E-state index contributed by atoms with van der Waals surface area (Å²) in [6.45, 7) is -0.413. The predicted molar refractivity (Wildman–Crippen MR) is 90.0 cm³/mol. The molecule has 6 nitrogen and oxygen atoms in total. The van der Waals surface area contributed by atoms with Gasteiger partial charge in [-0.1, -0.05) is 0 Å². The van der Waals surface area contributed by atoms with Crippen molar-refractivity contribution in [1.82, 2.24) is 10.6 Å². The first-order valence-corrected chi connectivity index (χ1v) is 8.82. The van der Waals surface area contributed by atoms with Gasteiger partial charge in [-0.3, -0.25) is 9.59 Å². The Morgan fingerprint density at radius 3 is 2.88 bits per heavy atom. The summed E-state index contributed by atoms with van der Waals surface area (Å²) in [5.74, 6) is -0.133. The zero-order valence-electron chi connectivity index (χ0n) is 13.2. The van der Waals surface area contributed by atoms with Crippen molar-refractivity contribution in [2.45, 2.75) is 31.7 Å². The number of hydrogen-bond donors (Lipinski definition) is 3. The van der Waals surface area contributed by atoms with Crippen LogP contribution in [-0.4, -0.2) is 30.1 Å². The van der Waals surface area contributed by atoms with Crippen LogP contribution >= 0.6 is 11.3 Å². The Kier molecular flexibility index (Phi) is 5.32. The van der Waals surface area contributed by atoms with Gasteiger partial charge in [0.25, 0.3) is 5.91 Å². The van der Waals surface area contributed by atoms with Gasteiger partial charge in [0, 0.05) is 4.88 Å². The molecule has 0 spiro atoms. The third kappa shape index (κ3) is 3.85. The highest BCUT2D eigenvalue weighted by molar-refractivity contribution is 7.14. The third-order valence-electron chi connectivity index (χ3n) is 4.03. The first-order valence-electron chi connectivity index (χ1n) is 8.01. The average Bonchev–Trinajstić information content (AvgIpc) is 3.26. The molecular weight excluding hydrogens is 328 g/mol. The summed E-state index contributed by atoms with van der Waals surface area (Å²) in [5, 5.41) is 14.6. The van der Waals surface area contributed by atoms with E-state index in [0.29, 0.717) is 10.6 Å². The minimum atomic E-state index is -0.613. The minimum absolute atomic E-state index is 0.140. The number of aliphatic hydroxyl groups is 1. The van der Waals surface area contributed by atoms with E-state index >= 15 is 0 Å². The lowest BCUT2D eigenvalue weighted by Gasteiger charge is -2.14. The maximum atomic E-state index is 12.2. The van der Waals surface area contributed by atoms with Crippen molar-refractivity contribution >= 4 is 23.2 Å². The smallest absolute Gasteiger partial charge is 0.261 e. The van der Waals surface area contributed by atoms with E-state index in [0.717, 1.165) is 12.8 Å². The molecule has 0 saturated heterocycles. The maximum Gasteiger partial charge on any atom is 0.261 e.